The molecule has 27 heavy (non-hydrogen) atoms. The van der Waals surface area contributed by atoms with Gasteiger partial charge in [-0.2, -0.15) is 0 Å². The highest BCUT2D eigenvalue weighted by atomic mass is 32.1. The maximum atomic E-state index is 12.6. The molecule has 1 atom stereocenters. The Kier molecular flexibility index (Phi) is 7.06. The van der Waals surface area contributed by atoms with Gasteiger partial charge < -0.3 is 9.84 Å². The van der Waals surface area contributed by atoms with Crippen LogP contribution in [0.15, 0.2) is 40.1 Å². The lowest BCUT2D eigenvalue weighted by Crippen LogP contribution is -2.29. The lowest BCUT2D eigenvalue weighted by atomic mass is 10.1. The number of aromatic hydroxyl groups is 1. The topological polar surface area (TPSA) is 85.8 Å². The SMILES string of the molecule is CCn1c(O)c(C=N[C@H](Cc2ccccc2)C(=O)OC)c(=O)n(CC)c1=S. The molecule has 7 nitrogen and oxygen atoms in total. The molecule has 2 aromatic rings. The third-order valence-electron chi connectivity index (χ3n) is 4.20. The quantitative estimate of drug-likeness (QED) is 0.446. The molecule has 0 radical (unpaired) electrons. The number of aliphatic imine (C=N–C) groups is 1. The fourth-order valence-corrected chi connectivity index (χ4v) is 3.15. The maximum Gasteiger partial charge on any atom is 0.330 e. The normalized spacial score (nSPS) is 12.3. The summed E-state index contributed by atoms with van der Waals surface area (Å²) < 4.78 is 7.90. The van der Waals surface area contributed by atoms with Gasteiger partial charge in [-0.25, -0.2) is 4.79 Å². The summed E-state index contributed by atoms with van der Waals surface area (Å²) in [5.41, 5.74) is 0.454. The van der Waals surface area contributed by atoms with Crippen molar-refractivity contribution in [2.24, 2.45) is 4.99 Å². The lowest BCUT2D eigenvalue weighted by Gasteiger charge is -2.14. The number of aromatic nitrogens is 2. The van der Waals surface area contributed by atoms with E-state index in [-0.39, 0.29) is 16.2 Å². The van der Waals surface area contributed by atoms with E-state index in [0.29, 0.717) is 19.5 Å². The summed E-state index contributed by atoms with van der Waals surface area (Å²) in [6, 6.07) is 8.54. The molecule has 1 N–H and O–H groups in total. The summed E-state index contributed by atoms with van der Waals surface area (Å²) in [5.74, 6) is -0.780. The number of carbonyl (C=O) groups is 1. The lowest BCUT2D eigenvalue weighted by molar-refractivity contribution is -0.142. The predicted molar refractivity (Wildman–Crippen MR) is 106 cm³/mol. The van der Waals surface area contributed by atoms with Gasteiger partial charge in [0.2, 0.25) is 5.88 Å². The van der Waals surface area contributed by atoms with E-state index in [0.717, 1.165) is 5.56 Å². The van der Waals surface area contributed by atoms with Crippen LogP contribution in [0.1, 0.15) is 25.0 Å². The van der Waals surface area contributed by atoms with Crippen molar-refractivity contribution in [3.8, 4) is 5.88 Å². The number of ether oxygens (including phenoxy) is 1. The Labute approximate surface area is 162 Å². The molecule has 0 aliphatic heterocycles. The van der Waals surface area contributed by atoms with Crippen LogP contribution in [0.3, 0.4) is 0 Å². The minimum Gasteiger partial charge on any atom is -0.494 e. The number of nitrogens with zero attached hydrogens (tertiary/aromatic N) is 3. The van der Waals surface area contributed by atoms with Crippen LogP contribution in [0.2, 0.25) is 0 Å². The summed E-state index contributed by atoms with van der Waals surface area (Å²) in [6.07, 6.45) is 1.55. The second-order valence-corrected chi connectivity index (χ2v) is 6.19. The monoisotopic (exact) mass is 389 g/mol. The molecule has 0 aliphatic carbocycles. The largest absolute Gasteiger partial charge is 0.494 e. The number of rotatable bonds is 7. The summed E-state index contributed by atoms with van der Waals surface area (Å²) >= 11 is 5.26. The van der Waals surface area contributed by atoms with Crippen molar-refractivity contribution in [2.45, 2.75) is 39.4 Å². The Balaban J connectivity index is 2.48. The van der Waals surface area contributed by atoms with Crippen molar-refractivity contribution in [3.05, 3.63) is 56.6 Å². The standard InChI is InChI=1S/C19H23N3O4S/c1-4-21-16(23)14(17(24)22(5-2)19(21)27)12-20-15(18(25)26-3)11-13-9-7-6-8-10-13/h6-10,12,15,23H,4-5,11H2,1-3H3/t15-/m1/s1. The van der Waals surface area contributed by atoms with E-state index in [1.54, 1.807) is 6.92 Å². The van der Waals surface area contributed by atoms with Gasteiger partial charge in [0, 0.05) is 25.7 Å². The van der Waals surface area contributed by atoms with Crippen LogP contribution in [0, 0.1) is 4.77 Å². The maximum absolute atomic E-state index is 12.6. The van der Waals surface area contributed by atoms with Crippen molar-refractivity contribution in [3.63, 3.8) is 0 Å². The van der Waals surface area contributed by atoms with Crippen LogP contribution in [-0.2, 0) is 29.0 Å². The van der Waals surface area contributed by atoms with E-state index in [4.69, 9.17) is 17.0 Å². The molecule has 0 fully saturated rings. The zero-order valence-corrected chi connectivity index (χ0v) is 16.4. The zero-order chi connectivity index (χ0) is 20.0. The van der Waals surface area contributed by atoms with E-state index in [9.17, 15) is 14.7 Å². The van der Waals surface area contributed by atoms with Crippen molar-refractivity contribution < 1.29 is 14.6 Å². The molecule has 0 saturated carbocycles. The van der Waals surface area contributed by atoms with Crippen molar-refractivity contribution in [2.75, 3.05) is 7.11 Å². The molecule has 0 amide bonds. The van der Waals surface area contributed by atoms with Gasteiger partial charge in [-0.1, -0.05) is 30.3 Å². The van der Waals surface area contributed by atoms with Gasteiger partial charge >= 0.3 is 5.97 Å². The van der Waals surface area contributed by atoms with Gasteiger partial charge in [-0.3, -0.25) is 18.9 Å². The van der Waals surface area contributed by atoms with E-state index < -0.39 is 17.6 Å². The Hall–Kier alpha value is -2.74. The first-order chi connectivity index (χ1) is 12.9. The molecule has 1 aromatic heterocycles. The van der Waals surface area contributed by atoms with E-state index in [2.05, 4.69) is 4.99 Å². The Bertz CT molecular complexity index is 948. The highest BCUT2D eigenvalue weighted by Gasteiger charge is 2.20. The molecule has 2 rings (SSSR count). The van der Waals surface area contributed by atoms with Crippen molar-refractivity contribution in [1.82, 2.24) is 9.13 Å². The third-order valence-corrected chi connectivity index (χ3v) is 4.64. The average molecular weight is 389 g/mol. The van der Waals surface area contributed by atoms with Gasteiger partial charge in [0.05, 0.1) is 7.11 Å². The minimum absolute atomic E-state index is 0.00531. The zero-order valence-electron chi connectivity index (χ0n) is 15.6. The van der Waals surface area contributed by atoms with Crippen LogP contribution in [0.4, 0.5) is 0 Å². The van der Waals surface area contributed by atoms with Gasteiger partial charge in [0.25, 0.3) is 5.56 Å². The molecular weight excluding hydrogens is 366 g/mol. The second-order valence-electron chi connectivity index (χ2n) is 5.82. The number of methoxy groups -OCH3 is 1. The Morgan fingerprint density at radius 3 is 2.44 bits per heavy atom. The van der Waals surface area contributed by atoms with Crippen LogP contribution in [-0.4, -0.2) is 39.6 Å². The molecule has 0 unspecified atom stereocenters. The van der Waals surface area contributed by atoms with Crippen molar-refractivity contribution in [1.29, 1.82) is 0 Å². The molecule has 0 spiro atoms. The summed E-state index contributed by atoms with van der Waals surface area (Å²) in [6.45, 7) is 4.37. The Morgan fingerprint density at radius 1 is 1.26 bits per heavy atom. The number of benzene rings is 1. The van der Waals surface area contributed by atoms with Gasteiger partial charge in [-0.05, 0) is 31.6 Å². The number of hydrogen-bond donors (Lipinski definition) is 1. The van der Waals surface area contributed by atoms with E-state index >= 15 is 0 Å². The molecule has 0 aliphatic rings. The highest BCUT2D eigenvalue weighted by Crippen LogP contribution is 2.14. The molecule has 8 heteroatoms. The smallest absolute Gasteiger partial charge is 0.330 e. The third kappa shape index (κ3) is 4.51. The number of hydrogen-bond acceptors (Lipinski definition) is 6. The molecule has 1 aromatic carbocycles. The minimum atomic E-state index is -0.829. The van der Waals surface area contributed by atoms with Crippen LogP contribution < -0.4 is 5.56 Å². The fraction of sp³-hybridized carbons (Fsp3) is 0.368. The number of carbonyl (C=O) groups excluding carboxylic acids is 1. The summed E-state index contributed by atoms with van der Waals surface area (Å²) in [5, 5.41) is 10.4. The van der Waals surface area contributed by atoms with Crippen LogP contribution in [0.5, 0.6) is 5.88 Å². The summed E-state index contributed by atoms with van der Waals surface area (Å²) in [7, 11) is 1.29. The Morgan fingerprint density at radius 2 is 1.89 bits per heavy atom. The molecule has 0 bridgehead atoms. The highest BCUT2D eigenvalue weighted by molar-refractivity contribution is 7.71. The van der Waals surface area contributed by atoms with Crippen LogP contribution >= 0.6 is 12.2 Å². The second kappa shape index (κ2) is 9.27. The molecule has 144 valence electrons. The first-order valence-corrected chi connectivity index (χ1v) is 9.06. The average Bonchev–Trinajstić information content (AvgIpc) is 2.67. The van der Waals surface area contributed by atoms with E-state index in [1.165, 1.54) is 22.5 Å². The number of esters is 1. The van der Waals surface area contributed by atoms with Gasteiger partial charge in [0.1, 0.15) is 5.56 Å². The van der Waals surface area contributed by atoms with Gasteiger partial charge in [0.15, 0.2) is 10.8 Å². The summed E-state index contributed by atoms with van der Waals surface area (Å²) in [4.78, 5) is 29.0. The molecule has 1 heterocycles. The first kappa shape index (κ1) is 20.6. The fourth-order valence-electron chi connectivity index (χ4n) is 2.72. The van der Waals surface area contributed by atoms with Gasteiger partial charge in [-0.15, -0.1) is 0 Å². The van der Waals surface area contributed by atoms with E-state index in [1.807, 2.05) is 37.3 Å². The molecular formula is C19H23N3O4S. The van der Waals surface area contributed by atoms with Crippen LogP contribution in [0.25, 0.3) is 0 Å². The first-order valence-electron chi connectivity index (χ1n) is 8.66. The molecule has 0 saturated heterocycles. The predicted octanol–water partition coefficient (Wildman–Crippen LogP) is 2.33. The van der Waals surface area contributed by atoms with Crippen molar-refractivity contribution >= 4 is 24.4 Å².